The van der Waals surface area contributed by atoms with Crippen molar-refractivity contribution in [3.8, 4) is 5.69 Å². The lowest BCUT2D eigenvalue weighted by Gasteiger charge is -2.19. The van der Waals surface area contributed by atoms with Crippen LogP contribution in [-0.2, 0) is 0 Å². The van der Waals surface area contributed by atoms with Crippen molar-refractivity contribution < 1.29 is 4.92 Å². The van der Waals surface area contributed by atoms with E-state index in [1.165, 1.54) is 41.8 Å². The summed E-state index contributed by atoms with van der Waals surface area (Å²) in [6.07, 6.45) is 3.17. The van der Waals surface area contributed by atoms with Crippen molar-refractivity contribution in [2.45, 2.75) is 6.04 Å². The first-order chi connectivity index (χ1) is 14.5. The number of non-ortho nitro benzene ring substituents is 1. The van der Waals surface area contributed by atoms with Gasteiger partial charge in [0.15, 0.2) is 0 Å². The molecular formula is C20H14ClN5O3S. The van der Waals surface area contributed by atoms with E-state index < -0.39 is 10.5 Å². The highest BCUT2D eigenvalue weighted by molar-refractivity contribution is 7.09. The number of rotatable bonds is 6. The van der Waals surface area contributed by atoms with Crippen molar-refractivity contribution in [2.24, 2.45) is 0 Å². The highest BCUT2D eigenvalue weighted by Crippen LogP contribution is 2.30. The summed E-state index contributed by atoms with van der Waals surface area (Å²) in [5.74, 6) is 0. The lowest BCUT2D eigenvalue weighted by Crippen LogP contribution is -2.23. The van der Waals surface area contributed by atoms with Gasteiger partial charge in [0.25, 0.3) is 11.2 Å². The molecule has 0 radical (unpaired) electrons. The fourth-order valence-electron chi connectivity index (χ4n) is 2.90. The van der Waals surface area contributed by atoms with Gasteiger partial charge in [0.1, 0.15) is 16.1 Å². The number of hydrogen-bond acceptors (Lipinski definition) is 7. The van der Waals surface area contributed by atoms with Crippen LogP contribution in [0.25, 0.3) is 5.69 Å². The monoisotopic (exact) mass is 439 g/mol. The van der Waals surface area contributed by atoms with Gasteiger partial charge in [-0.25, -0.2) is 4.98 Å². The number of nitrogens with zero attached hydrogens (tertiary/aromatic N) is 4. The summed E-state index contributed by atoms with van der Waals surface area (Å²) in [5.41, 5.74) is 1.08. The molecule has 2 aromatic carbocycles. The Morgan fingerprint density at radius 3 is 2.50 bits per heavy atom. The lowest BCUT2D eigenvalue weighted by atomic mass is 10.1. The van der Waals surface area contributed by atoms with Gasteiger partial charge in [-0.3, -0.25) is 14.9 Å². The van der Waals surface area contributed by atoms with Crippen molar-refractivity contribution in [1.29, 1.82) is 0 Å². The number of nitro benzene ring substituents is 1. The molecular weight excluding hydrogens is 426 g/mol. The maximum atomic E-state index is 12.8. The third-order valence-corrected chi connectivity index (χ3v) is 5.56. The highest BCUT2D eigenvalue weighted by atomic mass is 35.5. The quantitative estimate of drug-likeness (QED) is 0.351. The molecule has 2 aromatic heterocycles. The van der Waals surface area contributed by atoms with Crippen LogP contribution in [-0.4, -0.2) is 19.7 Å². The molecule has 0 fully saturated rings. The summed E-state index contributed by atoms with van der Waals surface area (Å²) < 4.78 is 1.10. The number of thiazole rings is 1. The predicted octanol–water partition coefficient (Wildman–Crippen LogP) is 4.45. The van der Waals surface area contributed by atoms with Gasteiger partial charge >= 0.3 is 0 Å². The third kappa shape index (κ3) is 3.93. The van der Waals surface area contributed by atoms with Crippen LogP contribution in [0, 0.1) is 10.1 Å². The number of anilines is 1. The smallest absolute Gasteiger partial charge is 0.292 e. The minimum Gasteiger partial charge on any atom is -0.369 e. The molecule has 0 aliphatic heterocycles. The number of benzene rings is 2. The number of halogens is 1. The van der Waals surface area contributed by atoms with Crippen molar-refractivity contribution in [2.75, 3.05) is 5.32 Å². The lowest BCUT2D eigenvalue weighted by molar-refractivity contribution is -0.384. The van der Waals surface area contributed by atoms with E-state index in [4.69, 9.17) is 11.6 Å². The van der Waals surface area contributed by atoms with Gasteiger partial charge in [0.2, 0.25) is 0 Å². The summed E-state index contributed by atoms with van der Waals surface area (Å²) in [5, 5.41) is 20.9. The standard InChI is InChI=1S/C20H14ClN5O3S/c21-17-16(24-18(19-22-10-11-30-19)13-4-2-1-3-5-13)12-23-25(20(17)27)14-6-8-15(9-7-14)26(28)29/h1-12,18,24H. The molecule has 1 atom stereocenters. The molecule has 0 spiro atoms. The zero-order chi connectivity index (χ0) is 21.1. The first kappa shape index (κ1) is 19.7. The molecule has 8 nitrogen and oxygen atoms in total. The Hall–Kier alpha value is -3.56. The van der Waals surface area contributed by atoms with Crippen LogP contribution < -0.4 is 10.9 Å². The van der Waals surface area contributed by atoms with Crippen LogP contribution in [0.1, 0.15) is 16.6 Å². The first-order valence-corrected chi connectivity index (χ1v) is 10.0. The molecule has 1 unspecified atom stereocenters. The molecule has 2 heterocycles. The zero-order valence-corrected chi connectivity index (χ0v) is 16.9. The van der Waals surface area contributed by atoms with Crippen molar-refractivity contribution in [3.63, 3.8) is 0 Å². The van der Waals surface area contributed by atoms with E-state index in [1.54, 1.807) is 6.20 Å². The normalized spacial score (nSPS) is 11.8. The Morgan fingerprint density at radius 1 is 1.13 bits per heavy atom. The Labute approximate surface area is 179 Å². The Kier molecular flexibility index (Phi) is 5.55. The summed E-state index contributed by atoms with van der Waals surface area (Å²) in [7, 11) is 0. The van der Waals surface area contributed by atoms with Crippen molar-refractivity contribution in [3.05, 3.63) is 108 Å². The largest absolute Gasteiger partial charge is 0.369 e. The van der Waals surface area contributed by atoms with Crippen molar-refractivity contribution in [1.82, 2.24) is 14.8 Å². The van der Waals surface area contributed by atoms with Crippen LogP contribution in [0.3, 0.4) is 0 Å². The molecule has 4 rings (SSSR count). The molecule has 0 saturated carbocycles. The molecule has 0 saturated heterocycles. The average Bonchev–Trinajstić information content (AvgIpc) is 3.30. The summed E-state index contributed by atoms with van der Waals surface area (Å²) >= 11 is 7.85. The number of nitrogens with one attached hydrogen (secondary N) is 1. The molecule has 30 heavy (non-hydrogen) atoms. The number of aromatic nitrogens is 3. The fraction of sp³-hybridized carbons (Fsp3) is 0.0500. The molecule has 10 heteroatoms. The van der Waals surface area contributed by atoms with Crippen molar-refractivity contribution >= 4 is 34.3 Å². The Balaban J connectivity index is 1.69. The minimum absolute atomic E-state index is 0.0409. The van der Waals surface area contributed by atoms with E-state index in [1.807, 2.05) is 35.7 Å². The van der Waals surface area contributed by atoms with Gasteiger partial charge in [-0.1, -0.05) is 41.9 Å². The second-order valence-electron chi connectivity index (χ2n) is 6.22. The van der Waals surface area contributed by atoms with Crippen LogP contribution in [0.4, 0.5) is 11.4 Å². The summed E-state index contributed by atoms with van der Waals surface area (Å²) in [4.78, 5) is 27.5. The van der Waals surface area contributed by atoms with Gasteiger partial charge in [0, 0.05) is 23.7 Å². The fourth-order valence-corrected chi connectivity index (χ4v) is 3.80. The summed E-state index contributed by atoms with van der Waals surface area (Å²) in [6, 6.07) is 14.9. The Bertz CT molecular complexity index is 1230. The maximum Gasteiger partial charge on any atom is 0.292 e. The molecule has 0 aliphatic rings. The highest BCUT2D eigenvalue weighted by Gasteiger charge is 2.20. The van der Waals surface area contributed by atoms with E-state index >= 15 is 0 Å². The van der Waals surface area contributed by atoms with E-state index in [-0.39, 0.29) is 16.8 Å². The van der Waals surface area contributed by atoms with Gasteiger partial charge in [-0.2, -0.15) is 9.78 Å². The summed E-state index contributed by atoms with van der Waals surface area (Å²) in [6.45, 7) is 0. The molecule has 1 N–H and O–H groups in total. The van der Waals surface area contributed by atoms with Gasteiger partial charge in [-0.15, -0.1) is 11.3 Å². The first-order valence-electron chi connectivity index (χ1n) is 8.78. The van der Waals surface area contributed by atoms with E-state index in [0.29, 0.717) is 11.4 Å². The van der Waals surface area contributed by atoms with Gasteiger partial charge in [-0.05, 0) is 17.7 Å². The molecule has 0 aliphatic carbocycles. The molecule has 0 bridgehead atoms. The minimum atomic E-state index is -0.540. The molecule has 0 amide bonds. The molecule has 4 aromatic rings. The second-order valence-corrected chi connectivity index (χ2v) is 7.53. The average molecular weight is 440 g/mol. The topological polar surface area (TPSA) is 103 Å². The van der Waals surface area contributed by atoms with Gasteiger partial charge < -0.3 is 5.32 Å². The molecule has 150 valence electrons. The van der Waals surface area contributed by atoms with Crippen LogP contribution in [0.5, 0.6) is 0 Å². The zero-order valence-electron chi connectivity index (χ0n) is 15.3. The van der Waals surface area contributed by atoms with Crippen LogP contribution in [0.2, 0.25) is 5.02 Å². The number of nitro groups is 1. The van der Waals surface area contributed by atoms with E-state index in [0.717, 1.165) is 15.3 Å². The van der Waals surface area contributed by atoms with Crippen LogP contribution >= 0.6 is 22.9 Å². The SMILES string of the molecule is O=c1c(Cl)c(NC(c2ccccc2)c2nccs2)cnn1-c1ccc([N+](=O)[O-])cc1. The van der Waals surface area contributed by atoms with Gasteiger partial charge in [0.05, 0.1) is 22.5 Å². The second kappa shape index (κ2) is 8.44. The van der Waals surface area contributed by atoms with Crippen LogP contribution in [0.15, 0.2) is 77.2 Å². The Morgan fingerprint density at radius 2 is 1.87 bits per heavy atom. The van der Waals surface area contributed by atoms with E-state index in [9.17, 15) is 14.9 Å². The predicted molar refractivity (Wildman–Crippen MR) is 116 cm³/mol. The third-order valence-electron chi connectivity index (χ3n) is 4.36. The van der Waals surface area contributed by atoms with E-state index in [2.05, 4.69) is 15.4 Å². The maximum absolute atomic E-state index is 12.8. The number of hydrogen-bond donors (Lipinski definition) is 1.